The highest BCUT2D eigenvalue weighted by Crippen LogP contribution is 2.15. The van der Waals surface area contributed by atoms with Gasteiger partial charge in [-0.15, -0.1) is 0 Å². The number of carbonyl (C=O) groups is 2. The van der Waals surface area contributed by atoms with Crippen molar-refractivity contribution in [3.8, 4) is 0 Å². The highest BCUT2D eigenvalue weighted by molar-refractivity contribution is 5.70. The Bertz CT molecular complexity index is 827. The summed E-state index contributed by atoms with van der Waals surface area (Å²) < 4.78 is 10.6. The Balaban J connectivity index is 3.56. The second-order valence-corrected chi connectivity index (χ2v) is 13.7. The van der Waals surface area contributed by atoms with E-state index in [-0.39, 0.29) is 25.2 Å². The molecule has 0 fully saturated rings. The van der Waals surface area contributed by atoms with Crippen LogP contribution in [0.3, 0.4) is 0 Å². The smallest absolute Gasteiger partial charge is 0.306 e. The number of aliphatic hydroxyl groups excluding tert-OH is 1. The third-order valence-electron chi connectivity index (χ3n) is 8.89. The average Bonchev–Trinajstić information content (AvgIpc) is 3.10. The maximum Gasteiger partial charge on any atom is 0.306 e. The van der Waals surface area contributed by atoms with Crippen molar-refractivity contribution in [1.29, 1.82) is 0 Å². The minimum absolute atomic E-state index is 0.0811. The highest BCUT2D eigenvalue weighted by Gasteiger charge is 2.16. The summed E-state index contributed by atoms with van der Waals surface area (Å²) in [5.74, 6) is -0.635. The van der Waals surface area contributed by atoms with Crippen LogP contribution in [-0.4, -0.2) is 36.4 Å². The molecule has 0 amide bonds. The summed E-state index contributed by atoms with van der Waals surface area (Å²) in [4.78, 5) is 24.3. The van der Waals surface area contributed by atoms with Gasteiger partial charge in [-0.05, 0) is 51.4 Å². The number of allylic oxidation sites excluding steroid dienone is 8. The SMILES string of the molecule is CC/C=C/C/C=C/C/C=C/C/C=C/CCCCC(=O)O[C@@H](CO)COC(=O)CCCCCCCCCCCCCCCCCCCCCC. The zero-order chi connectivity index (χ0) is 35.7. The molecule has 0 aromatic rings. The van der Waals surface area contributed by atoms with Gasteiger partial charge in [-0.25, -0.2) is 0 Å². The van der Waals surface area contributed by atoms with Crippen LogP contribution in [0.15, 0.2) is 48.6 Å². The minimum atomic E-state index is -0.791. The Morgan fingerprint density at radius 1 is 0.490 bits per heavy atom. The standard InChI is InChI=1S/C44H78O5/c1-3-5-7-9-11-13-15-17-19-20-21-22-23-25-26-28-30-32-34-36-38-43(46)48-41-42(40-45)49-44(47)39-37-35-33-31-29-27-24-18-16-14-12-10-8-6-4-2/h6,8,12,14,18,24,29,31,42,45H,3-5,7,9-11,13,15-17,19-23,25-28,30,32-41H2,1-2H3/b8-6+,14-12+,24-18+,31-29+/t42-/m0/s1. The van der Waals surface area contributed by atoms with Crippen molar-refractivity contribution in [2.24, 2.45) is 0 Å². The number of hydrogen-bond acceptors (Lipinski definition) is 5. The Hall–Kier alpha value is -2.14. The van der Waals surface area contributed by atoms with E-state index >= 15 is 0 Å². The largest absolute Gasteiger partial charge is 0.462 e. The van der Waals surface area contributed by atoms with E-state index in [1.807, 2.05) is 0 Å². The predicted octanol–water partition coefficient (Wildman–Crippen LogP) is 13.0. The molecule has 0 aromatic heterocycles. The topological polar surface area (TPSA) is 72.8 Å². The van der Waals surface area contributed by atoms with Crippen LogP contribution in [0, 0.1) is 0 Å². The molecule has 0 saturated carbocycles. The van der Waals surface area contributed by atoms with E-state index in [4.69, 9.17) is 9.47 Å². The molecule has 5 heteroatoms. The first-order valence-electron chi connectivity index (χ1n) is 20.7. The average molecular weight is 687 g/mol. The zero-order valence-corrected chi connectivity index (χ0v) is 32.2. The van der Waals surface area contributed by atoms with Gasteiger partial charge in [0.2, 0.25) is 0 Å². The van der Waals surface area contributed by atoms with Gasteiger partial charge < -0.3 is 14.6 Å². The lowest BCUT2D eigenvalue weighted by Crippen LogP contribution is -2.28. The third kappa shape index (κ3) is 38.5. The summed E-state index contributed by atoms with van der Waals surface area (Å²) in [6.45, 7) is 4.00. The molecule has 1 N–H and O–H groups in total. The van der Waals surface area contributed by atoms with Gasteiger partial charge in [-0.3, -0.25) is 9.59 Å². The second kappa shape index (κ2) is 40.3. The van der Waals surface area contributed by atoms with Gasteiger partial charge in [0.15, 0.2) is 6.10 Å². The second-order valence-electron chi connectivity index (χ2n) is 13.7. The van der Waals surface area contributed by atoms with Crippen LogP contribution < -0.4 is 0 Å². The van der Waals surface area contributed by atoms with Gasteiger partial charge in [0.25, 0.3) is 0 Å². The van der Waals surface area contributed by atoms with Crippen molar-refractivity contribution in [2.75, 3.05) is 13.2 Å². The molecular weight excluding hydrogens is 608 g/mol. The van der Waals surface area contributed by atoms with Gasteiger partial charge in [0.1, 0.15) is 6.61 Å². The Morgan fingerprint density at radius 2 is 0.878 bits per heavy atom. The molecule has 0 saturated heterocycles. The summed E-state index contributed by atoms with van der Waals surface area (Å²) in [5, 5.41) is 9.55. The molecule has 49 heavy (non-hydrogen) atoms. The molecule has 5 nitrogen and oxygen atoms in total. The number of rotatable bonds is 37. The van der Waals surface area contributed by atoms with Crippen LogP contribution in [0.4, 0.5) is 0 Å². The molecule has 0 radical (unpaired) electrons. The first-order chi connectivity index (χ1) is 24.1. The van der Waals surface area contributed by atoms with Gasteiger partial charge >= 0.3 is 11.9 Å². The molecule has 0 aliphatic rings. The maximum atomic E-state index is 12.1. The summed E-state index contributed by atoms with van der Waals surface area (Å²) in [6.07, 6.45) is 50.4. The van der Waals surface area contributed by atoms with E-state index in [0.717, 1.165) is 64.2 Å². The summed E-state index contributed by atoms with van der Waals surface area (Å²) in [5.41, 5.74) is 0. The third-order valence-corrected chi connectivity index (χ3v) is 8.89. The molecule has 0 aliphatic heterocycles. The Labute approximate surface area is 303 Å². The minimum Gasteiger partial charge on any atom is -0.462 e. The fraction of sp³-hybridized carbons (Fsp3) is 0.773. The molecule has 0 heterocycles. The molecule has 0 aromatic carbocycles. The molecule has 0 bridgehead atoms. The summed E-state index contributed by atoms with van der Waals surface area (Å²) in [7, 11) is 0. The number of unbranched alkanes of at least 4 members (excludes halogenated alkanes) is 21. The number of aliphatic hydroxyl groups is 1. The van der Waals surface area contributed by atoms with E-state index in [9.17, 15) is 14.7 Å². The number of carbonyl (C=O) groups excluding carboxylic acids is 2. The summed E-state index contributed by atoms with van der Waals surface area (Å²) >= 11 is 0. The Morgan fingerprint density at radius 3 is 1.33 bits per heavy atom. The van der Waals surface area contributed by atoms with Gasteiger partial charge in [0, 0.05) is 12.8 Å². The predicted molar refractivity (Wildman–Crippen MR) is 210 cm³/mol. The van der Waals surface area contributed by atoms with Gasteiger partial charge in [0.05, 0.1) is 6.61 Å². The van der Waals surface area contributed by atoms with Crippen LogP contribution in [0.25, 0.3) is 0 Å². The molecule has 0 aliphatic carbocycles. The number of hydrogen-bond donors (Lipinski definition) is 1. The van der Waals surface area contributed by atoms with Crippen LogP contribution >= 0.6 is 0 Å². The van der Waals surface area contributed by atoms with E-state index in [0.29, 0.717) is 12.8 Å². The van der Waals surface area contributed by atoms with Crippen molar-refractivity contribution in [1.82, 2.24) is 0 Å². The monoisotopic (exact) mass is 687 g/mol. The summed E-state index contributed by atoms with van der Waals surface area (Å²) in [6, 6.07) is 0. The molecule has 1 atom stereocenters. The highest BCUT2D eigenvalue weighted by atomic mass is 16.6. The van der Waals surface area contributed by atoms with E-state index in [1.54, 1.807) is 0 Å². The molecule has 0 spiro atoms. The van der Waals surface area contributed by atoms with Crippen molar-refractivity contribution in [3.63, 3.8) is 0 Å². The molecule has 284 valence electrons. The van der Waals surface area contributed by atoms with E-state index < -0.39 is 6.10 Å². The van der Waals surface area contributed by atoms with Gasteiger partial charge in [-0.2, -0.15) is 0 Å². The quantitative estimate of drug-likeness (QED) is 0.0400. The lowest BCUT2D eigenvalue weighted by Gasteiger charge is -2.15. The van der Waals surface area contributed by atoms with Crippen molar-refractivity contribution < 1.29 is 24.2 Å². The zero-order valence-electron chi connectivity index (χ0n) is 32.2. The fourth-order valence-corrected chi connectivity index (χ4v) is 5.78. The van der Waals surface area contributed by atoms with E-state index in [1.165, 1.54) is 109 Å². The molecule has 0 rings (SSSR count). The van der Waals surface area contributed by atoms with Crippen LogP contribution in [0.5, 0.6) is 0 Å². The van der Waals surface area contributed by atoms with Crippen molar-refractivity contribution >= 4 is 11.9 Å². The van der Waals surface area contributed by atoms with Crippen LogP contribution in [0.1, 0.15) is 200 Å². The maximum absolute atomic E-state index is 12.1. The first-order valence-corrected chi connectivity index (χ1v) is 20.7. The molecular formula is C44H78O5. The van der Waals surface area contributed by atoms with Gasteiger partial charge in [-0.1, -0.05) is 184 Å². The number of esters is 2. The lowest BCUT2D eigenvalue weighted by atomic mass is 10.0. The van der Waals surface area contributed by atoms with Crippen molar-refractivity contribution in [2.45, 2.75) is 206 Å². The first kappa shape index (κ1) is 46.9. The molecule has 0 unspecified atom stereocenters. The van der Waals surface area contributed by atoms with Crippen LogP contribution in [-0.2, 0) is 19.1 Å². The Kier molecular flexibility index (Phi) is 38.5. The number of ether oxygens (including phenoxy) is 2. The van der Waals surface area contributed by atoms with E-state index in [2.05, 4.69) is 62.5 Å². The van der Waals surface area contributed by atoms with Crippen LogP contribution in [0.2, 0.25) is 0 Å². The fourth-order valence-electron chi connectivity index (χ4n) is 5.78. The normalized spacial score (nSPS) is 12.6. The lowest BCUT2D eigenvalue weighted by molar-refractivity contribution is -0.161. The van der Waals surface area contributed by atoms with Crippen molar-refractivity contribution in [3.05, 3.63) is 48.6 Å².